The summed E-state index contributed by atoms with van der Waals surface area (Å²) in [7, 11) is 0. The average Bonchev–Trinajstić information content (AvgIpc) is 3.05. The van der Waals surface area contributed by atoms with Crippen molar-refractivity contribution < 1.29 is 28.8 Å². The Morgan fingerprint density at radius 3 is 2.56 bits per heavy atom. The summed E-state index contributed by atoms with van der Waals surface area (Å²) in [6, 6.07) is 8.13. The van der Waals surface area contributed by atoms with Gasteiger partial charge in [0.2, 0.25) is 0 Å². The van der Waals surface area contributed by atoms with Crippen LogP contribution in [0.5, 0.6) is 5.75 Å². The van der Waals surface area contributed by atoms with Crippen molar-refractivity contribution in [2.45, 2.75) is 26.5 Å². The van der Waals surface area contributed by atoms with Crippen molar-refractivity contribution in [2.75, 3.05) is 6.61 Å². The van der Waals surface area contributed by atoms with Gasteiger partial charge in [-0.3, -0.25) is 24.6 Å². The fraction of sp³-hybridized carbons (Fsp3) is 0.227. The Bertz CT molecular complexity index is 1160. The summed E-state index contributed by atoms with van der Waals surface area (Å²) in [6.45, 7) is 3.34. The number of esters is 1. The Kier molecular flexibility index (Phi) is 8.34. The van der Waals surface area contributed by atoms with Crippen LogP contribution < -0.4 is 4.74 Å². The van der Waals surface area contributed by atoms with Gasteiger partial charge in [-0.15, -0.1) is 0 Å². The van der Waals surface area contributed by atoms with Crippen molar-refractivity contribution in [3.8, 4) is 5.75 Å². The lowest BCUT2D eigenvalue weighted by molar-refractivity contribution is -0.384. The molecular formula is C22H18BrClN2O7S. The molecule has 34 heavy (non-hydrogen) atoms. The molecule has 1 aliphatic heterocycles. The van der Waals surface area contributed by atoms with Gasteiger partial charge in [-0.25, -0.2) is 4.79 Å². The highest BCUT2D eigenvalue weighted by Crippen LogP contribution is 2.38. The van der Waals surface area contributed by atoms with Crippen LogP contribution in [0.25, 0.3) is 6.08 Å². The molecule has 0 aromatic heterocycles. The number of hydrogen-bond acceptors (Lipinski definition) is 8. The van der Waals surface area contributed by atoms with Crippen LogP contribution in [0.4, 0.5) is 10.5 Å². The topological polar surface area (TPSA) is 116 Å². The minimum atomic E-state index is -1.04. The van der Waals surface area contributed by atoms with E-state index in [-0.39, 0.29) is 28.8 Å². The Morgan fingerprint density at radius 2 is 1.97 bits per heavy atom. The van der Waals surface area contributed by atoms with Crippen LogP contribution in [0.15, 0.2) is 45.8 Å². The first-order chi connectivity index (χ1) is 16.1. The van der Waals surface area contributed by atoms with E-state index in [1.54, 1.807) is 31.2 Å². The first-order valence-corrected chi connectivity index (χ1v) is 11.9. The second-order valence-corrected chi connectivity index (χ2v) is 9.26. The minimum absolute atomic E-state index is 0.0200. The van der Waals surface area contributed by atoms with E-state index in [1.165, 1.54) is 25.1 Å². The number of benzene rings is 2. The summed E-state index contributed by atoms with van der Waals surface area (Å²) in [5.74, 6) is -0.908. The summed E-state index contributed by atoms with van der Waals surface area (Å²) >= 11 is 10.5. The van der Waals surface area contributed by atoms with Crippen molar-refractivity contribution in [1.82, 2.24) is 4.90 Å². The van der Waals surface area contributed by atoms with E-state index >= 15 is 0 Å². The van der Waals surface area contributed by atoms with Gasteiger partial charge in [0.1, 0.15) is 12.6 Å². The molecule has 1 fully saturated rings. The number of imide groups is 1. The third-order valence-electron chi connectivity index (χ3n) is 4.69. The molecule has 12 heteroatoms. The first kappa shape index (κ1) is 25.7. The summed E-state index contributed by atoms with van der Waals surface area (Å²) in [4.78, 5) is 48.3. The molecule has 1 heterocycles. The van der Waals surface area contributed by atoms with Crippen molar-refractivity contribution >= 4 is 68.2 Å². The van der Waals surface area contributed by atoms with Gasteiger partial charge in [0.25, 0.3) is 16.8 Å². The molecule has 9 nitrogen and oxygen atoms in total. The molecule has 2 aromatic rings. The molecule has 1 aliphatic rings. The highest BCUT2D eigenvalue weighted by Gasteiger charge is 2.41. The third-order valence-corrected chi connectivity index (χ3v) is 6.44. The molecule has 178 valence electrons. The Morgan fingerprint density at radius 1 is 1.29 bits per heavy atom. The van der Waals surface area contributed by atoms with Crippen LogP contribution in [0.1, 0.15) is 25.0 Å². The number of halogens is 2. The number of carbonyl (C=O) groups excluding carboxylic acids is 3. The zero-order chi connectivity index (χ0) is 25.0. The van der Waals surface area contributed by atoms with Crippen LogP contribution in [0, 0.1) is 10.1 Å². The monoisotopic (exact) mass is 568 g/mol. The lowest BCUT2D eigenvalue weighted by Gasteiger charge is -2.19. The number of non-ortho nitro benzene ring substituents is 1. The van der Waals surface area contributed by atoms with E-state index in [2.05, 4.69) is 15.9 Å². The van der Waals surface area contributed by atoms with E-state index in [4.69, 9.17) is 21.1 Å². The lowest BCUT2D eigenvalue weighted by Crippen LogP contribution is -2.42. The quantitative estimate of drug-likeness (QED) is 0.175. The van der Waals surface area contributed by atoms with Gasteiger partial charge in [0, 0.05) is 12.1 Å². The molecule has 2 aromatic carbocycles. The summed E-state index contributed by atoms with van der Waals surface area (Å²) in [6.07, 6.45) is 1.50. The number of carbonyl (C=O) groups is 3. The van der Waals surface area contributed by atoms with Crippen molar-refractivity contribution in [3.05, 3.63) is 72.0 Å². The molecule has 0 unspecified atom stereocenters. The number of ether oxygens (including phenoxy) is 2. The van der Waals surface area contributed by atoms with Gasteiger partial charge in [0.05, 0.1) is 25.9 Å². The molecule has 0 spiro atoms. The summed E-state index contributed by atoms with van der Waals surface area (Å²) < 4.78 is 11.2. The van der Waals surface area contributed by atoms with Crippen molar-refractivity contribution in [3.63, 3.8) is 0 Å². The molecule has 0 N–H and O–H groups in total. The van der Waals surface area contributed by atoms with E-state index in [0.29, 0.717) is 21.3 Å². The minimum Gasteiger partial charge on any atom is -0.486 e. The number of amides is 2. The molecule has 0 saturated carbocycles. The molecule has 1 atom stereocenters. The molecule has 0 aliphatic carbocycles. The van der Waals surface area contributed by atoms with E-state index in [1.807, 2.05) is 0 Å². The standard InChI is InChI=1S/C22H18BrClN2O7S/c1-3-32-21(28)12(2)25-20(27)18(34-22(25)29)10-14-8-16(23)19(17(24)9-14)33-11-13-4-6-15(7-5-13)26(30)31/h4-10,12H,3,11H2,1-2H3/b18-10+/t12-/m0/s1. The number of nitrogens with zero attached hydrogens (tertiary/aromatic N) is 2. The fourth-order valence-corrected chi connectivity index (χ4v) is 4.90. The molecular weight excluding hydrogens is 552 g/mol. The first-order valence-electron chi connectivity index (χ1n) is 9.91. The van der Waals surface area contributed by atoms with Crippen LogP contribution in [0.3, 0.4) is 0 Å². The van der Waals surface area contributed by atoms with Crippen molar-refractivity contribution in [2.24, 2.45) is 0 Å². The maximum atomic E-state index is 12.7. The maximum absolute atomic E-state index is 12.7. The number of rotatable bonds is 8. The third kappa shape index (κ3) is 5.78. The van der Waals surface area contributed by atoms with Gasteiger partial charge in [-0.05, 0) is 83.0 Å². The number of thioether (sulfide) groups is 1. The average molecular weight is 570 g/mol. The highest BCUT2D eigenvalue weighted by atomic mass is 79.9. The smallest absolute Gasteiger partial charge is 0.329 e. The van der Waals surface area contributed by atoms with Gasteiger partial charge in [-0.1, -0.05) is 11.6 Å². The molecule has 1 saturated heterocycles. The van der Waals surface area contributed by atoms with Crippen LogP contribution in [-0.2, 0) is 20.9 Å². The van der Waals surface area contributed by atoms with Gasteiger partial charge in [-0.2, -0.15) is 0 Å². The number of nitro benzene ring substituents is 1. The summed E-state index contributed by atoms with van der Waals surface area (Å²) in [5.41, 5.74) is 1.23. The van der Waals surface area contributed by atoms with Crippen LogP contribution in [-0.4, -0.2) is 39.6 Å². The highest BCUT2D eigenvalue weighted by molar-refractivity contribution is 9.10. The second kappa shape index (κ2) is 11.0. The predicted molar refractivity (Wildman–Crippen MR) is 130 cm³/mol. The lowest BCUT2D eigenvalue weighted by atomic mass is 10.2. The molecule has 0 radical (unpaired) electrons. The maximum Gasteiger partial charge on any atom is 0.329 e. The molecule has 3 rings (SSSR count). The zero-order valence-corrected chi connectivity index (χ0v) is 21.1. The fourth-order valence-electron chi connectivity index (χ4n) is 3.00. The van der Waals surface area contributed by atoms with Gasteiger partial charge < -0.3 is 9.47 Å². The predicted octanol–water partition coefficient (Wildman–Crippen LogP) is 5.58. The largest absolute Gasteiger partial charge is 0.486 e. The Hall–Kier alpha value is -2.89. The number of hydrogen-bond donors (Lipinski definition) is 0. The normalized spacial score (nSPS) is 15.5. The summed E-state index contributed by atoms with van der Waals surface area (Å²) in [5, 5.41) is 10.5. The molecule has 2 amide bonds. The van der Waals surface area contributed by atoms with E-state index in [0.717, 1.165) is 16.7 Å². The van der Waals surface area contributed by atoms with E-state index in [9.17, 15) is 24.5 Å². The Labute approximate surface area is 212 Å². The Balaban J connectivity index is 1.75. The van der Waals surface area contributed by atoms with Crippen LogP contribution >= 0.6 is 39.3 Å². The van der Waals surface area contributed by atoms with Gasteiger partial charge >= 0.3 is 5.97 Å². The van der Waals surface area contributed by atoms with Crippen molar-refractivity contribution in [1.29, 1.82) is 0 Å². The van der Waals surface area contributed by atoms with E-state index < -0.39 is 28.1 Å². The van der Waals surface area contributed by atoms with Crippen LogP contribution in [0.2, 0.25) is 5.02 Å². The second-order valence-electron chi connectivity index (χ2n) is 7.01. The zero-order valence-electron chi connectivity index (χ0n) is 17.9. The molecule has 0 bridgehead atoms. The SMILES string of the molecule is CCOC(=O)[C@H](C)N1C(=O)S/C(=C/c2cc(Cl)c(OCc3ccc([N+](=O)[O-])cc3)c(Br)c2)C1=O. The number of nitro groups is 1. The van der Waals surface area contributed by atoms with Gasteiger partial charge in [0.15, 0.2) is 5.75 Å².